The van der Waals surface area contributed by atoms with E-state index >= 15 is 0 Å². The van der Waals surface area contributed by atoms with E-state index in [1.165, 1.54) is 25.0 Å². The Morgan fingerprint density at radius 1 is 1.06 bits per heavy atom. The van der Waals surface area contributed by atoms with E-state index < -0.39 is 22.5 Å². The third-order valence-electron chi connectivity index (χ3n) is 7.33. The van der Waals surface area contributed by atoms with Gasteiger partial charge in [-0.3, -0.25) is 9.78 Å². The first-order valence-electron chi connectivity index (χ1n) is 11.8. The molecule has 3 aliphatic rings. The number of benzene rings is 1. The number of aromatic nitrogens is 1. The molecular weight excluding hydrogens is 542 g/mol. The number of rotatable bonds is 5. The third kappa shape index (κ3) is 5.08. The van der Waals surface area contributed by atoms with Crippen molar-refractivity contribution < 1.29 is 22.0 Å². The highest BCUT2D eigenvalue weighted by Crippen LogP contribution is 2.54. The first kappa shape index (κ1) is 24.6. The molecule has 5 rings (SSSR count). The largest absolute Gasteiger partial charge is 0.370 e. The summed E-state index contributed by atoms with van der Waals surface area (Å²) in [4.78, 5) is 19.4. The van der Waals surface area contributed by atoms with Crippen molar-refractivity contribution in [3.8, 4) is 0 Å². The van der Waals surface area contributed by atoms with E-state index in [1.807, 2.05) is 0 Å². The highest BCUT2D eigenvalue weighted by atomic mass is 79.9. The molecule has 0 radical (unpaired) electrons. The summed E-state index contributed by atoms with van der Waals surface area (Å²) in [5, 5.41) is 2.78. The van der Waals surface area contributed by atoms with E-state index in [2.05, 4.69) is 31.1 Å². The molecule has 188 valence electrons. The second-order valence-corrected chi connectivity index (χ2v) is 12.5. The standard InChI is InChI=1S/C24H27BrF2N4O3S/c25-19-3-2-17(14-21(19)35(33,34)31-11-1-5-24(26,27)16-31)29-22(32)18-4-10-28-15-20(18)30-12-8-23(6-7-23)9-13-30/h2-4,10,14-15H,1,5-9,11-13,16H2,(H,29,32). The highest BCUT2D eigenvalue weighted by Gasteiger charge is 2.45. The molecule has 35 heavy (non-hydrogen) atoms. The summed E-state index contributed by atoms with van der Waals surface area (Å²) in [6.45, 7) is 0.911. The zero-order valence-electron chi connectivity index (χ0n) is 19.1. The Bertz CT molecular complexity index is 1240. The van der Waals surface area contributed by atoms with Crippen LogP contribution in [0.5, 0.6) is 0 Å². The van der Waals surface area contributed by atoms with Crippen molar-refractivity contribution in [2.75, 3.05) is 36.4 Å². The Morgan fingerprint density at radius 3 is 2.49 bits per heavy atom. The van der Waals surface area contributed by atoms with Gasteiger partial charge >= 0.3 is 0 Å². The molecule has 1 N–H and O–H groups in total. The van der Waals surface area contributed by atoms with Crippen LogP contribution in [0.4, 0.5) is 20.2 Å². The summed E-state index contributed by atoms with van der Waals surface area (Å²) in [5.41, 5.74) is 1.97. The van der Waals surface area contributed by atoms with Crippen LogP contribution in [0.1, 0.15) is 48.9 Å². The number of pyridine rings is 1. The van der Waals surface area contributed by atoms with Crippen molar-refractivity contribution in [2.45, 2.75) is 49.3 Å². The van der Waals surface area contributed by atoms with Gasteiger partial charge in [-0.1, -0.05) is 0 Å². The molecule has 1 aromatic carbocycles. The second-order valence-electron chi connectivity index (χ2n) is 9.78. The van der Waals surface area contributed by atoms with Crippen LogP contribution in [0.25, 0.3) is 0 Å². The summed E-state index contributed by atoms with van der Waals surface area (Å²) in [6.07, 6.45) is 7.77. The lowest BCUT2D eigenvalue weighted by atomic mass is 9.93. The first-order valence-corrected chi connectivity index (χ1v) is 14.0. The van der Waals surface area contributed by atoms with E-state index in [9.17, 15) is 22.0 Å². The maximum Gasteiger partial charge on any atom is 0.261 e. The average molecular weight is 569 g/mol. The lowest BCUT2D eigenvalue weighted by Crippen LogP contribution is -2.45. The van der Waals surface area contributed by atoms with Gasteiger partial charge in [0.05, 0.1) is 28.9 Å². The monoisotopic (exact) mass is 568 g/mol. The molecular formula is C24H27BrF2N4O3S. The molecule has 2 aromatic rings. The van der Waals surface area contributed by atoms with Crippen molar-refractivity contribution in [1.82, 2.24) is 9.29 Å². The molecule has 2 saturated heterocycles. The Balaban J connectivity index is 1.36. The zero-order chi connectivity index (χ0) is 24.8. The normalized spacial score (nSPS) is 21.6. The van der Waals surface area contributed by atoms with Gasteiger partial charge in [-0.2, -0.15) is 4.31 Å². The lowest BCUT2D eigenvalue weighted by molar-refractivity contribution is -0.0434. The van der Waals surface area contributed by atoms with Crippen molar-refractivity contribution in [3.05, 3.63) is 46.7 Å². The number of anilines is 2. The number of nitrogens with one attached hydrogen (secondary N) is 1. The van der Waals surface area contributed by atoms with Crippen LogP contribution in [0.2, 0.25) is 0 Å². The zero-order valence-corrected chi connectivity index (χ0v) is 21.5. The minimum absolute atomic E-state index is 0.0262. The minimum Gasteiger partial charge on any atom is -0.370 e. The summed E-state index contributed by atoms with van der Waals surface area (Å²) in [6, 6.07) is 6.03. The SMILES string of the molecule is O=C(Nc1ccc(Br)c(S(=O)(=O)N2CCCC(F)(F)C2)c1)c1ccncc1N1CCC2(CC1)CC2. The fourth-order valence-corrected chi connectivity index (χ4v) is 7.44. The number of carbonyl (C=O) groups is 1. The quantitative estimate of drug-likeness (QED) is 0.555. The topological polar surface area (TPSA) is 82.6 Å². The molecule has 3 heterocycles. The van der Waals surface area contributed by atoms with E-state index in [0.717, 1.165) is 35.9 Å². The number of alkyl halides is 2. The van der Waals surface area contributed by atoms with Crippen molar-refractivity contribution in [2.24, 2.45) is 5.41 Å². The maximum absolute atomic E-state index is 13.9. The molecule has 1 saturated carbocycles. The average Bonchev–Trinajstić information content (AvgIpc) is 3.58. The van der Waals surface area contributed by atoms with Gasteiger partial charge in [0.15, 0.2) is 0 Å². The van der Waals surface area contributed by atoms with Crippen LogP contribution in [0, 0.1) is 5.41 Å². The molecule has 3 fully saturated rings. The van der Waals surface area contributed by atoms with Crippen molar-refractivity contribution >= 4 is 43.2 Å². The Morgan fingerprint density at radius 2 is 1.80 bits per heavy atom. The van der Waals surface area contributed by atoms with Crippen LogP contribution in [0.3, 0.4) is 0 Å². The summed E-state index contributed by atoms with van der Waals surface area (Å²) in [7, 11) is -4.18. The predicted molar refractivity (Wildman–Crippen MR) is 132 cm³/mol. The molecule has 1 aromatic heterocycles. The fourth-order valence-electron chi connectivity index (χ4n) is 4.98. The third-order valence-corrected chi connectivity index (χ3v) is 10.2. The van der Waals surface area contributed by atoms with Crippen LogP contribution in [-0.2, 0) is 10.0 Å². The van der Waals surface area contributed by atoms with Gasteiger partial charge in [0, 0.05) is 42.4 Å². The summed E-state index contributed by atoms with van der Waals surface area (Å²) < 4.78 is 55.2. The van der Waals surface area contributed by atoms with Crippen molar-refractivity contribution in [3.63, 3.8) is 0 Å². The number of amides is 1. The number of piperidine rings is 2. The first-order chi connectivity index (χ1) is 16.6. The number of sulfonamides is 1. The smallest absolute Gasteiger partial charge is 0.261 e. The fraction of sp³-hybridized carbons (Fsp3) is 0.500. The molecule has 0 bridgehead atoms. The van der Waals surface area contributed by atoms with Crippen LogP contribution >= 0.6 is 15.9 Å². The highest BCUT2D eigenvalue weighted by molar-refractivity contribution is 9.10. The van der Waals surface area contributed by atoms with E-state index in [4.69, 9.17) is 0 Å². The molecule has 7 nitrogen and oxygen atoms in total. The Hall–Kier alpha value is -2.11. The number of carbonyl (C=O) groups excluding carboxylic acids is 1. The molecule has 1 amide bonds. The van der Waals surface area contributed by atoms with Crippen molar-refractivity contribution in [1.29, 1.82) is 0 Å². The molecule has 0 unspecified atom stereocenters. The Kier molecular flexibility index (Phi) is 6.38. The van der Waals surface area contributed by atoms with Gasteiger partial charge in [-0.05, 0) is 77.7 Å². The maximum atomic E-state index is 13.9. The van der Waals surface area contributed by atoms with Crippen LogP contribution in [-0.4, -0.2) is 55.7 Å². The summed E-state index contributed by atoms with van der Waals surface area (Å²) in [5.74, 6) is -3.45. The van der Waals surface area contributed by atoms with Crippen LogP contribution in [0.15, 0.2) is 46.0 Å². The molecule has 11 heteroatoms. The van der Waals surface area contributed by atoms with Gasteiger partial charge < -0.3 is 10.2 Å². The van der Waals surface area contributed by atoms with E-state index in [0.29, 0.717) is 11.0 Å². The molecule has 1 aliphatic carbocycles. The number of hydrogen-bond donors (Lipinski definition) is 1. The van der Waals surface area contributed by atoms with Gasteiger partial charge in [0.25, 0.3) is 11.8 Å². The van der Waals surface area contributed by atoms with E-state index in [1.54, 1.807) is 24.5 Å². The number of nitrogens with zero attached hydrogens (tertiary/aromatic N) is 3. The van der Waals surface area contributed by atoms with E-state index in [-0.39, 0.29) is 40.3 Å². The van der Waals surface area contributed by atoms with Crippen LogP contribution < -0.4 is 10.2 Å². The summed E-state index contributed by atoms with van der Waals surface area (Å²) >= 11 is 3.23. The van der Waals surface area contributed by atoms with Gasteiger partial charge in [-0.25, -0.2) is 17.2 Å². The Labute approximate surface area is 212 Å². The van der Waals surface area contributed by atoms with Gasteiger partial charge in [0.1, 0.15) is 0 Å². The second kappa shape index (κ2) is 9.08. The van der Waals surface area contributed by atoms with Gasteiger partial charge in [0.2, 0.25) is 10.0 Å². The minimum atomic E-state index is -4.18. The lowest BCUT2D eigenvalue weighted by Gasteiger charge is -2.34. The molecule has 1 spiro atoms. The van der Waals surface area contributed by atoms with Gasteiger partial charge in [-0.15, -0.1) is 0 Å². The molecule has 2 aliphatic heterocycles. The number of halogens is 3. The predicted octanol–water partition coefficient (Wildman–Crippen LogP) is 4.90. The number of hydrogen-bond acceptors (Lipinski definition) is 5. The molecule has 0 atom stereocenters.